The largest absolute Gasteiger partial charge is 0.495 e. The van der Waals surface area contributed by atoms with Crippen LogP contribution in [0.25, 0.3) is 27.9 Å². The molecule has 0 saturated carbocycles. The van der Waals surface area contributed by atoms with Gasteiger partial charge in [-0.15, -0.1) is 0 Å². The Morgan fingerprint density at radius 3 is 2.31 bits per heavy atom. The minimum atomic E-state index is -0.380. The number of hydrogen-bond donors (Lipinski definition) is 1. The molecule has 2 heterocycles. The van der Waals surface area contributed by atoms with Crippen LogP contribution >= 0.6 is 11.8 Å². The van der Waals surface area contributed by atoms with Crippen LogP contribution in [-0.4, -0.2) is 22.8 Å². The summed E-state index contributed by atoms with van der Waals surface area (Å²) in [4.78, 5) is 23.6. The number of thioether (sulfide) groups is 1. The normalized spacial score (nSPS) is 14.6. The summed E-state index contributed by atoms with van der Waals surface area (Å²) < 4.78 is 7.68. The van der Waals surface area contributed by atoms with Crippen molar-refractivity contribution in [1.82, 2.24) is 9.88 Å². The molecule has 3 aromatic carbocycles. The Bertz CT molecular complexity index is 1430. The van der Waals surface area contributed by atoms with Gasteiger partial charge in [0, 0.05) is 21.8 Å². The number of rotatable bonds is 3. The van der Waals surface area contributed by atoms with Crippen molar-refractivity contribution in [3.63, 3.8) is 0 Å². The van der Waals surface area contributed by atoms with Crippen LogP contribution in [0, 0.1) is 11.8 Å². The maximum atomic E-state index is 11.8. The maximum absolute atomic E-state index is 11.8. The first kappa shape index (κ1) is 20.0. The standard InChI is InChI=1S/C26H18N2O3S/c1-31-23-13-12-17(16-24-25(29)27-26(30)32-24)15-18(23)7-6-14-28-21-10-4-2-8-19(21)20-9-3-5-11-22(20)28/h2-5,8-13,15-16H,14H2,1H3,(H,27,29,30)/b24-16-. The molecular formula is C26H18N2O3S. The number of hydrogen-bond acceptors (Lipinski definition) is 4. The number of amides is 2. The number of imide groups is 1. The Hall–Kier alpha value is -3.95. The summed E-state index contributed by atoms with van der Waals surface area (Å²) in [6.07, 6.45) is 1.68. The van der Waals surface area contributed by atoms with Gasteiger partial charge in [-0.1, -0.05) is 54.3 Å². The molecule has 1 aliphatic rings. The predicted octanol–water partition coefficient (Wildman–Crippen LogP) is 5.18. The molecule has 1 saturated heterocycles. The van der Waals surface area contributed by atoms with E-state index in [4.69, 9.17) is 4.74 Å². The van der Waals surface area contributed by atoms with Crippen LogP contribution in [0.15, 0.2) is 71.6 Å². The molecule has 1 aliphatic heterocycles. The molecule has 6 heteroatoms. The lowest BCUT2D eigenvalue weighted by atomic mass is 10.1. The Labute approximate surface area is 189 Å². The summed E-state index contributed by atoms with van der Waals surface area (Å²) in [5.41, 5.74) is 3.78. The SMILES string of the molecule is COc1ccc(/C=C2\SC(=O)NC2=O)cc1C#CCn1c2ccccc2c2ccccc21. The molecule has 1 N–H and O–H groups in total. The molecular weight excluding hydrogens is 420 g/mol. The molecule has 0 radical (unpaired) electrons. The minimum Gasteiger partial charge on any atom is -0.495 e. The first-order valence-corrected chi connectivity index (χ1v) is 10.8. The summed E-state index contributed by atoms with van der Waals surface area (Å²) in [7, 11) is 1.60. The van der Waals surface area contributed by atoms with Crippen molar-refractivity contribution in [2.24, 2.45) is 0 Å². The van der Waals surface area contributed by atoms with Crippen LogP contribution in [0.3, 0.4) is 0 Å². The lowest BCUT2D eigenvalue weighted by Gasteiger charge is -2.05. The third-order valence-electron chi connectivity index (χ3n) is 5.30. The monoisotopic (exact) mass is 438 g/mol. The van der Waals surface area contributed by atoms with Gasteiger partial charge in [0.1, 0.15) is 5.75 Å². The van der Waals surface area contributed by atoms with Gasteiger partial charge in [0.15, 0.2) is 0 Å². The van der Waals surface area contributed by atoms with Crippen molar-refractivity contribution in [2.45, 2.75) is 6.54 Å². The van der Waals surface area contributed by atoms with Crippen LogP contribution < -0.4 is 10.1 Å². The van der Waals surface area contributed by atoms with E-state index < -0.39 is 0 Å². The highest BCUT2D eigenvalue weighted by Crippen LogP contribution is 2.29. The smallest absolute Gasteiger partial charge is 0.290 e. The molecule has 1 fully saturated rings. The number of fused-ring (bicyclic) bond motifs is 3. The molecule has 0 aliphatic carbocycles. The third-order valence-corrected chi connectivity index (χ3v) is 6.11. The number of aromatic nitrogens is 1. The fourth-order valence-corrected chi connectivity index (χ4v) is 4.56. The van der Waals surface area contributed by atoms with E-state index >= 15 is 0 Å². The molecule has 0 atom stereocenters. The number of nitrogens with zero attached hydrogens (tertiary/aromatic N) is 1. The van der Waals surface area contributed by atoms with Crippen molar-refractivity contribution in [3.05, 3.63) is 82.8 Å². The van der Waals surface area contributed by atoms with Gasteiger partial charge in [-0.3, -0.25) is 14.9 Å². The second-order valence-electron chi connectivity index (χ2n) is 7.23. The van der Waals surface area contributed by atoms with Crippen molar-refractivity contribution < 1.29 is 14.3 Å². The Morgan fingerprint density at radius 2 is 1.69 bits per heavy atom. The van der Waals surface area contributed by atoms with E-state index in [9.17, 15) is 9.59 Å². The van der Waals surface area contributed by atoms with Crippen molar-refractivity contribution in [3.8, 4) is 17.6 Å². The first-order chi connectivity index (χ1) is 15.6. The van der Waals surface area contributed by atoms with Crippen LogP contribution in [0.1, 0.15) is 11.1 Å². The average Bonchev–Trinajstić information content (AvgIpc) is 3.30. The lowest BCUT2D eigenvalue weighted by molar-refractivity contribution is -0.115. The second-order valence-corrected chi connectivity index (χ2v) is 8.25. The van der Waals surface area contributed by atoms with Gasteiger partial charge in [-0.2, -0.15) is 0 Å². The van der Waals surface area contributed by atoms with E-state index in [2.05, 4.69) is 46.0 Å². The van der Waals surface area contributed by atoms with Gasteiger partial charge in [0.2, 0.25) is 0 Å². The van der Waals surface area contributed by atoms with E-state index in [1.165, 1.54) is 10.8 Å². The van der Waals surface area contributed by atoms with Gasteiger partial charge in [-0.05, 0) is 47.7 Å². The Morgan fingerprint density at radius 1 is 1.00 bits per heavy atom. The molecule has 5 nitrogen and oxygen atoms in total. The molecule has 5 rings (SSSR count). The zero-order chi connectivity index (χ0) is 22.1. The molecule has 4 aromatic rings. The Kier molecular flexibility index (Phi) is 5.18. The Balaban J connectivity index is 1.50. The van der Waals surface area contributed by atoms with E-state index in [0.717, 1.165) is 33.9 Å². The van der Waals surface area contributed by atoms with Gasteiger partial charge < -0.3 is 9.30 Å². The number of methoxy groups -OCH3 is 1. The van der Waals surface area contributed by atoms with E-state index in [1.807, 2.05) is 42.5 Å². The van der Waals surface area contributed by atoms with Crippen molar-refractivity contribution in [1.29, 1.82) is 0 Å². The number of carbonyl (C=O) groups is 2. The number of benzene rings is 3. The number of para-hydroxylation sites is 2. The summed E-state index contributed by atoms with van der Waals surface area (Å²) in [6.45, 7) is 0.523. The second kappa shape index (κ2) is 8.29. The van der Waals surface area contributed by atoms with Crippen LogP contribution in [0.5, 0.6) is 5.75 Å². The van der Waals surface area contributed by atoms with Crippen LogP contribution in [-0.2, 0) is 11.3 Å². The zero-order valence-electron chi connectivity index (χ0n) is 17.2. The average molecular weight is 439 g/mol. The highest BCUT2D eigenvalue weighted by molar-refractivity contribution is 8.18. The molecule has 0 bridgehead atoms. The molecule has 0 unspecified atom stereocenters. The third kappa shape index (κ3) is 3.64. The highest BCUT2D eigenvalue weighted by Gasteiger charge is 2.25. The van der Waals surface area contributed by atoms with E-state index in [-0.39, 0.29) is 11.1 Å². The number of carbonyl (C=O) groups excluding carboxylic acids is 2. The van der Waals surface area contributed by atoms with Gasteiger partial charge >= 0.3 is 0 Å². The quantitative estimate of drug-likeness (QED) is 0.354. The molecule has 0 spiro atoms. The molecule has 156 valence electrons. The van der Waals surface area contributed by atoms with Gasteiger partial charge in [-0.25, -0.2) is 0 Å². The summed E-state index contributed by atoms with van der Waals surface area (Å²) in [5, 5.41) is 4.32. The van der Waals surface area contributed by atoms with Crippen LogP contribution in [0.4, 0.5) is 4.79 Å². The maximum Gasteiger partial charge on any atom is 0.290 e. The van der Waals surface area contributed by atoms with Crippen molar-refractivity contribution in [2.75, 3.05) is 7.11 Å². The summed E-state index contributed by atoms with van der Waals surface area (Å²) >= 11 is 0.894. The van der Waals surface area contributed by atoms with Crippen LogP contribution in [0.2, 0.25) is 0 Å². The topological polar surface area (TPSA) is 60.3 Å². The number of ether oxygens (including phenoxy) is 1. The molecule has 32 heavy (non-hydrogen) atoms. The summed E-state index contributed by atoms with van der Waals surface area (Å²) in [6, 6.07) is 22.1. The van der Waals surface area contributed by atoms with Gasteiger partial charge in [0.25, 0.3) is 11.1 Å². The van der Waals surface area contributed by atoms with E-state index in [1.54, 1.807) is 13.2 Å². The molecule has 2 amide bonds. The van der Waals surface area contributed by atoms with E-state index in [0.29, 0.717) is 17.2 Å². The molecule has 1 aromatic heterocycles. The zero-order valence-corrected chi connectivity index (χ0v) is 18.0. The lowest BCUT2D eigenvalue weighted by Crippen LogP contribution is -2.17. The fraction of sp³-hybridized carbons (Fsp3) is 0.0769. The minimum absolute atomic E-state index is 0.360. The van der Waals surface area contributed by atoms with Gasteiger partial charge in [0.05, 0.1) is 24.1 Å². The predicted molar refractivity (Wildman–Crippen MR) is 128 cm³/mol. The highest BCUT2D eigenvalue weighted by atomic mass is 32.2. The van der Waals surface area contributed by atoms with Crippen molar-refractivity contribution >= 4 is 50.8 Å². The first-order valence-electron chi connectivity index (χ1n) is 10.0. The fourth-order valence-electron chi connectivity index (χ4n) is 3.87. The number of nitrogens with one attached hydrogen (secondary N) is 1. The summed E-state index contributed by atoms with van der Waals surface area (Å²) in [5.74, 6) is 6.77.